The maximum Gasteiger partial charge on any atom is 0.130 e. The van der Waals surface area contributed by atoms with Gasteiger partial charge in [-0.25, -0.2) is 0 Å². The molecule has 2 heteroatoms. The average Bonchev–Trinajstić information content (AvgIpc) is 2.42. The summed E-state index contributed by atoms with van der Waals surface area (Å²) in [6.45, 7) is 14.5. The molecule has 23 heavy (non-hydrogen) atoms. The molecule has 1 saturated heterocycles. The van der Waals surface area contributed by atoms with Crippen LogP contribution in [0.1, 0.15) is 72.3 Å². The van der Waals surface area contributed by atoms with Crippen molar-refractivity contribution < 1.29 is 4.79 Å². The summed E-state index contributed by atoms with van der Waals surface area (Å²) in [5, 5.41) is 0. The molecular weight excluding hydrogens is 282 g/mol. The van der Waals surface area contributed by atoms with Crippen LogP contribution in [0.15, 0.2) is 30.3 Å². The lowest BCUT2D eigenvalue weighted by molar-refractivity contribution is -0.120. The van der Waals surface area contributed by atoms with Crippen molar-refractivity contribution in [2.75, 3.05) is 6.54 Å². The summed E-state index contributed by atoms with van der Waals surface area (Å²) in [5.74, 6) is 1.35. The highest BCUT2D eigenvalue weighted by Crippen LogP contribution is 2.43. The minimum atomic E-state index is 0.130. The zero-order valence-corrected chi connectivity index (χ0v) is 15.7. The number of nitrogens with zero attached hydrogens (tertiary/aromatic N) is 1. The van der Waals surface area contributed by atoms with Gasteiger partial charge in [-0.3, -0.25) is 4.90 Å². The van der Waals surface area contributed by atoms with Crippen molar-refractivity contribution in [2.24, 2.45) is 5.92 Å². The Morgan fingerprint density at radius 3 is 2.13 bits per heavy atom. The molecule has 128 valence electrons. The maximum atomic E-state index is 11.6. The van der Waals surface area contributed by atoms with Crippen molar-refractivity contribution >= 4 is 5.78 Å². The summed E-state index contributed by atoms with van der Waals surface area (Å²) >= 11 is 0. The summed E-state index contributed by atoms with van der Waals surface area (Å²) in [7, 11) is 0. The maximum absolute atomic E-state index is 11.6. The summed E-state index contributed by atoms with van der Waals surface area (Å²) in [6, 6.07) is 10.8. The lowest BCUT2D eigenvalue weighted by Gasteiger charge is -2.56. The third kappa shape index (κ3) is 4.44. The van der Waals surface area contributed by atoms with Crippen LogP contribution in [-0.2, 0) is 4.79 Å². The molecule has 0 bridgehead atoms. The quantitative estimate of drug-likeness (QED) is 0.759. The topological polar surface area (TPSA) is 20.3 Å². The first-order chi connectivity index (χ1) is 10.6. The third-order valence-corrected chi connectivity index (χ3v) is 5.44. The molecule has 2 rings (SSSR count). The van der Waals surface area contributed by atoms with Crippen LogP contribution in [0.25, 0.3) is 0 Å². The van der Waals surface area contributed by atoms with Gasteiger partial charge in [0, 0.05) is 24.0 Å². The van der Waals surface area contributed by atoms with Crippen LogP contribution < -0.4 is 0 Å². The van der Waals surface area contributed by atoms with E-state index in [9.17, 15) is 4.79 Å². The molecular formula is C21H33NO. The molecule has 0 amide bonds. The molecule has 1 aliphatic rings. The highest BCUT2D eigenvalue weighted by Gasteiger charge is 2.45. The van der Waals surface area contributed by atoms with Gasteiger partial charge in [0.1, 0.15) is 5.78 Å². The fraction of sp³-hybridized carbons (Fsp3) is 0.667. The molecule has 1 unspecified atom stereocenters. The fourth-order valence-corrected chi connectivity index (χ4v) is 4.73. The smallest absolute Gasteiger partial charge is 0.130 e. The van der Waals surface area contributed by atoms with Gasteiger partial charge in [-0.05, 0) is 64.9 Å². The van der Waals surface area contributed by atoms with Crippen molar-refractivity contribution in [3.8, 4) is 0 Å². The Labute approximate surface area is 142 Å². The second-order valence-electron chi connectivity index (χ2n) is 8.73. The molecule has 1 fully saturated rings. The predicted octanol–water partition coefficient (Wildman–Crippen LogP) is 5.04. The predicted molar refractivity (Wildman–Crippen MR) is 97.7 cm³/mol. The second-order valence-corrected chi connectivity index (χ2v) is 8.73. The van der Waals surface area contributed by atoms with Crippen LogP contribution in [0.2, 0.25) is 0 Å². The molecule has 0 N–H and O–H groups in total. The van der Waals surface area contributed by atoms with Gasteiger partial charge in [0.25, 0.3) is 0 Å². The number of Topliss-reactive ketones (excluding diaryl/α,β-unsaturated/α-hetero) is 1. The van der Waals surface area contributed by atoms with Crippen LogP contribution in [-0.4, -0.2) is 28.3 Å². The van der Waals surface area contributed by atoms with E-state index >= 15 is 0 Å². The minimum absolute atomic E-state index is 0.130. The Kier molecular flexibility index (Phi) is 5.35. The fourth-order valence-electron chi connectivity index (χ4n) is 4.73. The van der Waals surface area contributed by atoms with Gasteiger partial charge in [0.2, 0.25) is 0 Å². The number of likely N-dealkylation sites (tertiary alicyclic amines) is 1. The summed E-state index contributed by atoms with van der Waals surface area (Å²) in [5.41, 5.74) is 1.67. The van der Waals surface area contributed by atoms with Crippen LogP contribution in [0.4, 0.5) is 0 Å². The molecule has 0 aliphatic carbocycles. The van der Waals surface area contributed by atoms with E-state index in [1.54, 1.807) is 6.92 Å². The molecule has 1 aliphatic heterocycles. The van der Waals surface area contributed by atoms with Gasteiger partial charge in [-0.1, -0.05) is 37.3 Å². The summed E-state index contributed by atoms with van der Waals surface area (Å²) in [4.78, 5) is 14.2. The van der Waals surface area contributed by atoms with Crippen molar-refractivity contribution in [3.05, 3.63) is 35.9 Å². The molecule has 0 aromatic heterocycles. The van der Waals surface area contributed by atoms with Gasteiger partial charge >= 0.3 is 0 Å². The molecule has 2 nitrogen and oxygen atoms in total. The Morgan fingerprint density at radius 2 is 1.65 bits per heavy atom. The average molecular weight is 316 g/mol. The number of piperidine rings is 1. The standard InChI is InChI=1S/C21H33NO/c1-16(19-10-8-7-9-11-19)15-22-20(3,4)13-18(12-17(2)23)14-21(22,5)6/h7-11,16,18H,12-15H2,1-6H3. The zero-order chi connectivity index (χ0) is 17.3. The van der Waals surface area contributed by atoms with Gasteiger partial charge < -0.3 is 4.79 Å². The van der Waals surface area contributed by atoms with Crippen molar-refractivity contribution in [1.82, 2.24) is 4.90 Å². The van der Waals surface area contributed by atoms with E-state index in [-0.39, 0.29) is 11.1 Å². The van der Waals surface area contributed by atoms with E-state index in [4.69, 9.17) is 0 Å². The van der Waals surface area contributed by atoms with Gasteiger partial charge in [-0.2, -0.15) is 0 Å². The van der Waals surface area contributed by atoms with Gasteiger partial charge in [0.15, 0.2) is 0 Å². The van der Waals surface area contributed by atoms with Gasteiger partial charge in [0.05, 0.1) is 0 Å². The molecule has 0 radical (unpaired) electrons. The van der Waals surface area contributed by atoms with E-state index in [2.05, 4.69) is 69.9 Å². The number of hydrogen-bond acceptors (Lipinski definition) is 2. The Balaban J connectivity index is 2.16. The Bertz CT molecular complexity index is 514. The number of rotatable bonds is 5. The van der Waals surface area contributed by atoms with E-state index in [1.165, 1.54) is 5.56 Å². The minimum Gasteiger partial charge on any atom is -0.300 e. The molecule has 0 spiro atoms. The van der Waals surface area contributed by atoms with Crippen LogP contribution in [0, 0.1) is 5.92 Å². The number of carbonyl (C=O) groups excluding carboxylic acids is 1. The van der Waals surface area contributed by atoms with Crippen LogP contribution >= 0.6 is 0 Å². The van der Waals surface area contributed by atoms with Crippen molar-refractivity contribution in [3.63, 3.8) is 0 Å². The van der Waals surface area contributed by atoms with Crippen molar-refractivity contribution in [1.29, 1.82) is 0 Å². The molecule has 1 heterocycles. The first-order valence-corrected chi connectivity index (χ1v) is 8.94. The number of carbonyl (C=O) groups is 1. The van der Waals surface area contributed by atoms with E-state index < -0.39 is 0 Å². The van der Waals surface area contributed by atoms with Crippen molar-refractivity contribution in [2.45, 2.75) is 77.8 Å². The normalized spacial score (nSPS) is 22.7. The molecule has 1 atom stereocenters. The third-order valence-electron chi connectivity index (χ3n) is 5.44. The largest absolute Gasteiger partial charge is 0.300 e. The zero-order valence-electron chi connectivity index (χ0n) is 15.7. The highest BCUT2D eigenvalue weighted by atomic mass is 16.1. The lowest BCUT2D eigenvalue weighted by Crippen LogP contribution is -2.61. The number of hydrogen-bond donors (Lipinski definition) is 0. The Hall–Kier alpha value is -1.15. The first-order valence-electron chi connectivity index (χ1n) is 8.94. The second kappa shape index (κ2) is 6.76. The number of ketones is 1. The summed E-state index contributed by atoms with van der Waals surface area (Å²) in [6.07, 6.45) is 2.95. The van der Waals surface area contributed by atoms with Crippen LogP contribution in [0.3, 0.4) is 0 Å². The molecule has 1 aromatic rings. The van der Waals surface area contributed by atoms with E-state index in [1.807, 2.05) is 0 Å². The lowest BCUT2D eigenvalue weighted by atomic mass is 9.71. The Morgan fingerprint density at radius 1 is 1.13 bits per heavy atom. The molecule has 1 aromatic carbocycles. The SMILES string of the molecule is CC(=O)CC1CC(C)(C)N(CC(C)c2ccccc2)C(C)(C)C1. The molecule has 0 saturated carbocycles. The summed E-state index contributed by atoms with van der Waals surface area (Å²) < 4.78 is 0. The highest BCUT2D eigenvalue weighted by molar-refractivity contribution is 5.75. The van der Waals surface area contributed by atoms with E-state index in [0.29, 0.717) is 17.6 Å². The number of benzene rings is 1. The van der Waals surface area contributed by atoms with Crippen LogP contribution in [0.5, 0.6) is 0 Å². The first kappa shape index (κ1) is 18.2. The van der Waals surface area contributed by atoms with Gasteiger partial charge in [-0.15, -0.1) is 0 Å². The monoisotopic (exact) mass is 315 g/mol. The van der Waals surface area contributed by atoms with E-state index in [0.717, 1.165) is 25.8 Å².